The Morgan fingerprint density at radius 1 is 1.39 bits per heavy atom. The van der Waals surface area contributed by atoms with Crippen LogP contribution < -0.4 is 5.73 Å². The highest BCUT2D eigenvalue weighted by molar-refractivity contribution is 9.10. The first-order valence-corrected chi connectivity index (χ1v) is 6.34. The molecule has 0 saturated heterocycles. The van der Waals surface area contributed by atoms with Crippen LogP contribution >= 0.6 is 15.9 Å². The van der Waals surface area contributed by atoms with Gasteiger partial charge in [-0.05, 0) is 17.7 Å². The molecule has 5 heteroatoms. The van der Waals surface area contributed by atoms with E-state index in [0.29, 0.717) is 0 Å². The number of nitrogens with two attached hydrogens (primary N) is 1. The van der Waals surface area contributed by atoms with Crippen molar-refractivity contribution in [2.24, 2.45) is 11.7 Å². The molecule has 1 aliphatic rings. The first kappa shape index (κ1) is 13.0. The van der Waals surface area contributed by atoms with Crippen LogP contribution in [0.5, 0.6) is 0 Å². The summed E-state index contributed by atoms with van der Waals surface area (Å²) in [4.78, 5) is 10.8. The summed E-state index contributed by atoms with van der Waals surface area (Å²) < 4.78 is 0.917. The van der Waals surface area contributed by atoms with Crippen molar-refractivity contribution in [3.8, 4) is 0 Å². The Hall–Kier alpha value is -1.46. The van der Waals surface area contributed by atoms with Crippen molar-refractivity contribution in [3.05, 3.63) is 68.3 Å². The van der Waals surface area contributed by atoms with Crippen molar-refractivity contribution in [3.63, 3.8) is 0 Å². The zero-order valence-electron chi connectivity index (χ0n) is 9.84. The predicted molar refractivity (Wildman–Crippen MR) is 73.4 cm³/mol. The van der Waals surface area contributed by atoms with Crippen molar-refractivity contribution >= 4 is 15.9 Å². The minimum absolute atomic E-state index is 0.0276. The third kappa shape index (κ3) is 2.00. The second-order valence-corrected chi connectivity index (χ2v) is 5.27. The molecule has 1 aromatic carbocycles. The molecule has 0 radical (unpaired) electrons. The molecule has 2 N–H and O–H groups in total. The second-order valence-electron chi connectivity index (χ2n) is 4.36. The number of nitro groups is 1. The molecule has 0 heterocycles. The molecule has 0 amide bonds. The Balaban J connectivity index is 2.56. The topological polar surface area (TPSA) is 69.2 Å². The molecule has 4 nitrogen and oxygen atoms in total. The average molecular weight is 309 g/mol. The number of benzene rings is 1. The quantitative estimate of drug-likeness (QED) is 0.674. The molecule has 94 valence electrons. The summed E-state index contributed by atoms with van der Waals surface area (Å²) in [6.07, 6.45) is 5.05. The maximum absolute atomic E-state index is 11.2. The molecular weight excluding hydrogens is 296 g/mol. The smallest absolute Gasteiger partial charge is 0.271 e. The van der Waals surface area contributed by atoms with Crippen molar-refractivity contribution < 1.29 is 4.92 Å². The van der Waals surface area contributed by atoms with Crippen molar-refractivity contribution in [2.45, 2.75) is 12.5 Å². The first-order valence-electron chi connectivity index (χ1n) is 5.54. The second kappa shape index (κ2) is 4.66. The lowest BCUT2D eigenvalue weighted by atomic mass is 9.75. The fourth-order valence-electron chi connectivity index (χ4n) is 2.18. The van der Waals surface area contributed by atoms with Crippen LogP contribution in [-0.4, -0.2) is 4.92 Å². The van der Waals surface area contributed by atoms with E-state index in [2.05, 4.69) is 15.9 Å². The highest BCUT2D eigenvalue weighted by Gasteiger charge is 2.45. The molecule has 1 aliphatic carbocycles. The highest BCUT2D eigenvalue weighted by Crippen LogP contribution is 2.38. The standard InChI is InChI=1S/C13H13BrN2O2/c1-9-3-2-4-12(16(17)18)13(9,15)10-5-7-11(14)8-6-10/h2-9H,15H2,1H3. The lowest BCUT2D eigenvalue weighted by Gasteiger charge is -2.33. The van der Waals surface area contributed by atoms with Gasteiger partial charge in [-0.3, -0.25) is 10.1 Å². The Bertz CT molecular complexity index is 536. The van der Waals surface area contributed by atoms with Crippen LogP contribution in [0.15, 0.2) is 52.7 Å². The van der Waals surface area contributed by atoms with Crippen LogP contribution in [0.1, 0.15) is 12.5 Å². The summed E-state index contributed by atoms with van der Waals surface area (Å²) in [5.41, 5.74) is 6.03. The van der Waals surface area contributed by atoms with E-state index < -0.39 is 10.5 Å². The number of halogens is 1. The summed E-state index contributed by atoms with van der Waals surface area (Å²) >= 11 is 3.34. The van der Waals surface area contributed by atoms with E-state index in [0.717, 1.165) is 10.0 Å². The predicted octanol–water partition coefficient (Wildman–Crippen LogP) is 2.97. The van der Waals surface area contributed by atoms with Crippen LogP contribution in [-0.2, 0) is 5.54 Å². The van der Waals surface area contributed by atoms with Gasteiger partial charge in [-0.15, -0.1) is 0 Å². The lowest BCUT2D eigenvalue weighted by Crippen LogP contribution is -2.47. The van der Waals surface area contributed by atoms with Gasteiger partial charge in [-0.2, -0.15) is 0 Å². The van der Waals surface area contributed by atoms with Gasteiger partial charge in [0, 0.05) is 16.5 Å². The van der Waals surface area contributed by atoms with E-state index in [1.165, 1.54) is 6.08 Å². The van der Waals surface area contributed by atoms with E-state index in [9.17, 15) is 10.1 Å². The zero-order chi connectivity index (χ0) is 13.3. The van der Waals surface area contributed by atoms with Crippen LogP contribution in [0.25, 0.3) is 0 Å². The van der Waals surface area contributed by atoms with Gasteiger partial charge < -0.3 is 5.73 Å². The molecule has 0 aromatic heterocycles. The SMILES string of the molecule is CC1C=CC=C([N+](=O)[O-])C1(N)c1ccc(Br)cc1. The third-order valence-corrected chi connectivity index (χ3v) is 3.84. The Labute approximate surface area is 113 Å². The number of rotatable bonds is 2. The average Bonchev–Trinajstić information content (AvgIpc) is 2.33. The molecule has 2 atom stereocenters. The molecule has 0 spiro atoms. The van der Waals surface area contributed by atoms with Crippen LogP contribution in [0.3, 0.4) is 0 Å². The maximum atomic E-state index is 11.2. The van der Waals surface area contributed by atoms with Crippen LogP contribution in [0.2, 0.25) is 0 Å². The molecular formula is C13H13BrN2O2. The molecule has 2 unspecified atom stereocenters. The van der Waals surface area contributed by atoms with Gasteiger partial charge in [-0.25, -0.2) is 0 Å². The normalized spacial score (nSPS) is 26.8. The first-order chi connectivity index (χ1) is 8.46. The molecule has 0 saturated carbocycles. The van der Waals surface area contributed by atoms with Crippen LogP contribution in [0.4, 0.5) is 0 Å². The summed E-state index contributed by atoms with van der Waals surface area (Å²) in [6.45, 7) is 1.88. The zero-order valence-corrected chi connectivity index (χ0v) is 11.4. The van der Waals surface area contributed by atoms with Crippen molar-refractivity contribution in [2.75, 3.05) is 0 Å². The van der Waals surface area contributed by atoms with E-state index in [-0.39, 0.29) is 11.6 Å². The molecule has 0 fully saturated rings. The molecule has 0 aliphatic heterocycles. The largest absolute Gasteiger partial charge is 0.312 e. The fourth-order valence-corrected chi connectivity index (χ4v) is 2.45. The maximum Gasteiger partial charge on any atom is 0.271 e. The van der Waals surface area contributed by atoms with Gasteiger partial charge >= 0.3 is 0 Å². The summed E-state index contributed by atoms with van der Waals surface area (Å²) in [7, 11) is 0. The fraction of sp³-hybridized carbons (Fsp3) is 0.231. The lowest BCUT2D eigenvalue weighted by molar-refractivity contribution is -0.437. The molecule has 2 rings (SSSR count). The van der Waals surface area contributed by atoms with E-state index in [4.69, 9.17) is 5.73 Å². The summed E-state index contributed by atoms with van der Waals surface area (Å²) in [5.74, 6) is -0.135. The Morgan fingerprint density at radius 3 is 2.56 bits per heavy atom. The molecule has 0 bridgehead atoms. The van der Waals surface area contributed by atoms with Crippen LogP contribution in [0, 0.1) is 16.0 Å². The number of allylic oxidation sites excluding steroid dienone is 2. The minimum Gasteiger partial charge on any atom is -0.312 e. The summed E-state index contributed by atoms with van der Waals surface area (Å²) in [6, 6.07) is 7.31. The number of hydrogen-bond acceptors (Lipinski definition) is 3. The van der Waals surface area contributed by atoms with Gasteiger partial charge in [0.1, 0.15) is 5.54 Å². The third-order valence-electron chi connectivity index (χ3n) is 3.31. The van der Waals surface area contributed by atoms with E-state index >= 15 is 0 Å². The monoisotopic (exact) mass is 308 g/mol. The van der Waals surface area contributed by atoms with E-state index in [1.54, 1.807) is 6.08 Å². The van der Waals surface area contributed by atoms with Gasteiger partial charge in [0.2, 0.25) is 0 Å². The van der Waals surface area contributed by atoms with Gasteiger partial charge in [0.05, 0.1) is 4.92 Å². The number of nitrogens with zero attached hydrogens (tertiary/aromatic N) is 1. The van der Waals surface area contributed by atoms with Gasteiger partial charge in [0.25, 0.3) is 5.70 Å². The van der Waals surface area contributed by atoms with Gasteiger partial charge in [0.15, 0.2) is 0 Å². The Kier molecular flexibility index (Phi) is 3.36. The molecule has 18 heavy (non-hydrogen) atoms. The summed E-state index contributed by atoms with van der Waals surface area (Å²) in [5, 5.41) is 11.2. The van der Waals surface area contributed by atoms with Crippen molar-refractivity contribution in [1.29, 1.82) is 0 Å². The van der Waals surface area contributed by atoms with E-state index in [1.807, 2.05) is 37.3 Å². The van der Waals surface area contributed by atoms with Gasteiger partial charge in [-0.1, -0.05) is 47.1 Å². The Morgan fingerprint density at radius 2 is 2.00 bits per heavy atom. The van der Waals surface area contributed by atoms with Crippen molar-refractivity contribution in [1.82, 2.24) is 0 Å². The number of hydrogen-bond donors (Lipinski definition) is 1. The highest BCUT2D eigenvalue weighted by atomic mass is 79.9. The minimum atomic E-state index is -1.08. The molecule has 1 aromatic rings.